The first-order chi connectivity index (χ1) is 16.0. The summed E-state index contributed by atoms with van der Waals surface area (Å²) in [6.45, 7) is 10.2. The van der Waals surface area contributed by atoms with Crippen LogP contribution in [0.25, 0.3) is 0 Å². The quantitative estimate of drug-likeness (QED) is 0.288. The fraction of sp³-hybridized carbons (Fsp3) is 0.692. The number of likely N-dealkylation sites (N-methyl/N-ethyl adjacent to an activating group) is 1. The van der Waals surface area contributed by atoms with Crippen LogP contribution < -0.4 is 16.4 Å². The molecule has 0 aromatic rings. The molecule has 190 valence electrons. The van der Waals surface area contributed by atoms with Crippen LogP contribution in [0.15, 0.2) is 27.9 Å². The summed E-state index contributed by atoms with van der Waals surface area (Å²) >= 11 is 0. The van der Waals surface area contributed by atoms with Crippen molar-refractivity contribution < 1.29 is 9.59 Å². The van der Waals surface area contributed by atoms with E-state index in [1.165, 1.54) is 0 Å². The van der Waals surface area contributed by atoms with Crippen molar-refractivity contribution in [2.45, 2.75) is 59.4 Å². The fourth-order valence-corrected chi connectivity index (χ4v) is 5.30. The van der Waals surface area contributed by atoms with Gasteiger partial charge in [0, 0.05) is 24.5 Å². The highest BCUT2D eigenvalue weighted by atomic mass is 16.2. The first kappa shape index (κ1) is 27.8. The predicted molar refractivity (Wildman–Crippen MR) is 139 cm³/mol. The molecular weight excluding hydrogens is 428 g/mol. The topological polar surface area (TPSA) is 124 Å². The van der Waals surface area contributed by atoms with E-state index in [0.29, 0.717) is 42.8 Å². The lowest BCUT2D eigenvalue weighted by Crippen LogP contribution is -2.42. The number of nitrogens with two attached hydrogens (primary N) is 1. The summed E-state index contributed by atoms with van der Waals surface area (Å²) in [7, 11) is 3.97. The van der Waals surface area contributed by atoms with E-state index in [9.17, 15) is 9.59 Å². The van der Waals surface area contributed by atoms with E-state index in [4.69, 9.17) is 11.1 Å². The Morgan fingerprint density at radius 2 is 2.00 bits per heavy atom. The number of nitrogens with zero attached hydrogens (tertiary/aromatic N) is 2. The van der Waals surface area contributed by atoms with Crippen molar-refractivity contribution >= 4 is 24.2 Å². The van der Waals surface area contributed by atoms with Gasteiger partial charge in [0.05, 0.1) is 24.8 Å². The van der Waals surface area contributed by atoms with E-state index >= 15 is 0 Å². The molecule has 1 saturated carbocycles. The summed E-state index contributed by atoms with van der Waals surface area (Å²) in [6, 6.07) is 0.150. The first-order valence-electron chi connectivity index (χ1n) is 12.4. The van der Waals surface area contributed by atoms with Gasteiger partial charge in [-0.1, -0.05) is 27.7 Å². The molecule has 0 spiro atoms. The first-order valence-corrected chi connectivity index (χ1v) is 12.4. The Morgan fingerprint density at radius 3 is 2.62 bits per heavy atom. The fourth-order valence-electron chi connectivity index (χ4n) is 5.30. The number of nitrogens with one attached hydrogen (secondary N) is 3. The zero-order valence-corrected chi connectivity index (χ0v) is 21.8. The Balaban J connectivity index is 1.89. The Labute approximate surface area is 205 Å². The van der Waals surface area contributed by atoms with Crippen LogP contribution in [0.3, 0.4) is 0 Å². The van der Waals surface area contributed by atoms with Crippen LogP contribution in [0, 0.1) is 28.6 Å². The number of hydrogen-bond donors (Lipinski definition) is 4. The molecule has 2 rings (SSSR count). The second-order valence-corrected chi connectivity index (χ2v) is 10.9. The summed E-state index contributed by atoms with van der Waals surface area (Å²) in [5.74, 6) is 1.18. The van der Waals surface area contributed by atoms with Gasteiger partial charge in [0.15, 0.2) is 0 Å². The molecule has 0 bridgehead atoms. The van der Waals surface area contributed by atoms with Crippen LogP contribution in [-0.4, -0.2) is 68.9 Å². The molecule has 0 aromatic heterocycles. The lowest BCUT2D eigenvalue weighted by Gasteiger charge is -2.45. The molecule has 1 fully saturated rings. The molecule has 4 atom stereocenters. The molecule has 2 amide bonds. The number of amides is 2. The number of allylic oxidation sites excluding steroid dienone is 2. The Hall–Kier alpha value is -2.48. The average molecular weight is 473 g/mol. The molecule has 2 aliphatic rings. The third-order valence-corrected chi connectivity index (χ3v) is 7.81. The van der Waals surface area contributed by atoms with Crippen molar-refractivity contribution in [3.63, 3.8) is 0 Å². The Bertz CT molecular complexity index is 842. The minimum Gasteiger partial charge on any atom is -0.397 e. The highest BCUT2D eigenvalue weighted by Crippen LogP contribution is 2.47. The zero-order valence-electron chi connectivity index (χ0n) is 21.8. The third-order valence-electron chi connectivity index (χ3n) is 7.81. The molecule has 5 N–H and O–H groups in total. The van der Waals surface area contributed by atoms with E-state index in [1.54, 1.807) is 6.21 Å². The lowest BCUT2D eigenvalue weighted by atomic mass is 9.61. The van der Waals surface area contributed by atoms with Gasteiger partial charge >= 0.3 is 0 Å². The molecule has 1 aliphatic carbocycles. The number of carbonyl (C=O) groups is 2. The maximum Gasteiger partial charge on any atom is 0.249 e. The van der Waals surface area contributed by atoms with Crippen molar-refractivity contribution in [2.75, 3.05) is 33.7 Å². The average Bonchev–Trinajstić information content (AvgIpc) is 2.79. The zero-order chi connectivity index (χ0) is 25.5. The molecular formula is C26H44N6O2. The van der Waals surface area contributed by atoms with E-state index in [0.717, 1.165) is 31.1 Å². The largest absolute Gasteiger partial charge is 0.397 e. The molecule has 1 aliphatic heterocycles. The van der Waals surface area contributed by atoms with Crippen molar-refractivity contribution in [2.24, 2.45) is 33.9 Å². The molecule has 3 unspecified atom stereocenters. The SMILES string of the molecule is CC1[C@@H](C)CC(CC/C(C(=O)NCC(=O)NCC2=CC=NCC2N(C)C)=C(\N)C=N)CC1(C)C. The second kappa shape index (κ2) is 12.3. The molecule has 8 heteroatoms. The Morgan fingerprint density at radius 1 is 1.29 bits per heavy atom. The van der Waals surface area contributed by atoms with Crippen LogP contribution >= 0.6 is 0 Å². The van der Waals surface area contributed by atoms with Gasteiger partial charge in [-0.05, 0) is 74.6 Å². The summed E-state index contributed by atoms with van der Waals surface area (Å²) < 4.78 is 0. The number of dihydropyridines is 1. The highest BCUT2D eigenvalue weighted by molar-refractivity contribution is 6.00. The maximum atomic E-state index is 12.8. The second-order valence-electron chi connectivity index (χ2n) is 10.9. The highest BCUT2D eigenvalue weighted by Gasteiger charge is 2.38. The van der Waals surface area contributed by atoms with Crippen LogP contribution in [-0.2, 0) is 9.59 Å². The molecule has 1 heterocycles. The normalized spacial score (nSPS) is 27.0. The number of carbonyl (C=O) groups excluding carboxylic acids is 2. The van der Waals surface area contributed by atoms with Gasteiger partial charge in [-0.15, -0.1) is 0 Å². The van der Waals surface area contributed by atoms with E-state index in [1.807, 2.05) is 20.2 Å². The molecule has 34 heavy (non-hydrogen) atoms. The van der Waals surface area contributed by atoms with Gasteiger partial charge in [-0.2, -0.15) is 0 Å². The molecule has 0 aromatic carbocycles. The summed E-state index contributed by atoms with van der Waals surface area (Å²) in [4.78, 5) is 31.6. The van der Waals surface area contributed by atoms with Gasteiger partial charge in [-0.3, -0.25) is 14.6 Å². The third kappa shape index (κ3) is 7.52. The minimum absolute atomic E-state index is 0.132. The van der Waals surface area contributed by atoms with Crippen LogP contribution in [0.5, 0.6) is 0 Å². The van der Waals surface area contributed by atoms with Crippen LogP contribution in [0.1, 0.15) is 53.4 Å². The van der Waals surface area contributed by atoms with Gasteiger partial charge in [0.2, 0.25) is 11.8 Å². The smallest absolute Gasteiger partial charge is 0.249 e. The van der Waals surface area contributed by atoms with Crippen molar-refractivity contribution in [3.8, 4) is 0 Å². The van der Waals surface area contributed by atoms with E-state index in [-0.39, 0.29) is 35.5 Å². The van der Waals surface area contributed by atoms with Crippen molar-refractivity contribution in [1.29, 1.82) is 5.41 Å². The number of rotatable bonds is 10. The van der Waals surface area contributed by atoms with Gasteiger partial charge in [0.25, 0.3) is 0 Å². The summed E-state index contributed by atoms with van der Waals surface area (Å²) in [5.41, 5.74) is 7.89. The van der Waals surface area contributed by atoms with Crippen LogP contribution in [0.2, 0.25) is 0 Å². The van der Waals surface area contributed by atoms with Gasteiger partial charge < -0.3 is 26.7 Å². The standard InChI is InChI=1S/C26H44N6O2/c1-17-11-19(12-26(3,4)18(17)2)7-8-21(22(28)13-27)25(34)31-16-24(33)30-14-20-9-10-29-15-23(20)32(5)6/h9-10,13,17-19,23,27H,7-8,11-12,14-16,28H2,1-6H3,(H,30,33)(H,31,34)/b22-21+,27-13?/t17-,18?,19?,23?/m0/s1. The lowest BCUT2D eigenvalue weighted by molar-refractivity contribution is -0.124. The van der Waals surface area contributed by atoms with Crippen molar-refractivity contribution in [1.82, 2.24) is 15.5 Å². The van der Waals surface area contributed by atoms with E-state index < -0.39 is 0 Å². The van der Waals surface area contributed by atoms with Gasteiger partial charge in [-0.25, -0.2) is 0 Å². The van der Waals surface area contributed by atoms with E-state index in [2.05, 4.69) is 48.2 Å². The number of aliphatic imine (C=N–C) groups is 1. The number of hydrogen-bond acceptors (Lipinski definition) is 6. The summed E-state index contributed by atoms with van der Waals surface area (Å²) in [6.07, 6.45) is 8.32. The van der Waals surface area contributed by atoms with Crippen LogP contribution in [0.4, 0.5) is 0 Å². The molecule has 0 radical (unpaired) electrons. The monoisotopic (exact) mass is 472 g/mol. The van der Waals surface area contributed by atoms with Crippen molar-refractivity contribution in [3.05, 3.63) is 22.9 Å². The maximum absolute atomic E-state index is 12.8. The minimum atomic E-state index is -0.372. The predicted octanol–water partition coefficient (Wildman–Crippen LogP) is 2.51. The van der Waals surface area contributed by atoms with Gasteiger partial charge in [0.1, 0.15) is 0 Å². The summed E-state index contributed by atoms with van der Waals surface area (Å²) in [5, 5.41) is 13.1. The molecule has 0 saturated heterocycles. The molecule has 8 nitrogen and oxygen atoms in total. The Kier molecular flexibility index (Phi) is 10.0.